The van der Waals surface area contributed by atoms with Gasteiger partial charge in [0.25, 0.3) is 12.5 Å². The third kappa shape index (κ3) is 10.1. The topological polar surface area (TPSA) is 48.4 Å². The summed E-state index contributed by atoms with van der Waals surface area (Å²) >= 11 is 0. The maximum Gasteiger partial charge on any atom is 0.270 e. The van der Waals surface area contributed by atoms with E-state index in [-0.39, 0.29) is 35.4 Å². The molecule has 6 nitrogen and oxygen atoms in total. The van der Waals surface area contributed by atoms with Gasteiger partial charge in [0.1, 0.15) is 0 Å². The number of aliphatic hydroxyl groups is 1. The van der Waals surface area contributed by atoms with Crippen LogP contribution < -0.4 is 0 Å². The lowest BCUT2D eigenvalue weighted by Crippen LogP contribution is -2.43. The van der Waals surface area contributed by atoms with Crippen molar-refractivity contribution in [3.05, 3.63) is 35.2 Å². The number of halogens is 5. The molecule has 3 atom stereocenters. The Morgan fingerprint density at radius 2 is 1.19 bits per heavy atom. The monoisotopic (exact) mass is 677 g/mol. The van der Waals surface area contributed by atoms with Crippen LogP contribution in [0.3, 0.4) is 0 Å². The zero-order valence-corrected chi connectivity index (χ0v) is 29.6. The Labute approximate surface area is 280 Å². The van der Waals surface area contributed by atoms with Gasteiger partial charge in [-0.3, -0.25) is 14.7 Å². The molecule has 1 N–H and O–H groups in total. The van der Waals surface area contributed by atoms with Crippen molar-refractivity contribution < 1.29 is 36.5 Å². The van der Waals surface area contributed by atoms with E-state index >= 15 is 0 Å². The normalized spacial score (nSPS) is 32.0. The fraction of sp³-hybridized carbons (Fsp3) is 0.833. The maximum absolute atomic E-state index is 12.6. The molecule has 0 aromatic heterocycles. The fourth-order valence-corrected chi connectivity index (χ4v) is 8.25. The smallest absolute Gasteiger partial charge is 0.270 e. The predicted octanol–water partition coefficient (Wildman–Crippen LogP) is 7.74. The summed E-state index contributed by atoms with van der Waals surface area (Å²) in [7, 11) is 0. The second-order valence-corrected chi connectivity index (χ2v) is 14.4. The number of rotatable bonds is 8. The molecule has 6 heterocycles. The van der Waals surface area contributed by atoms with Crippen molar-refractivity contribution in [1.29, 1.82) is 0 Å². The van der Waals surface area contributed by atoms with Crippen LogP contribution in [0.5, 0.6) is 0 Å². The molecular weight excluding hydrogens is 617 g/mol. The van der Waals surface area contributed by atoms with E-state index in [1.54, 1.807) is 0 Å². The first kappa shape index (κ1) is 40.1. The van der Waals surface area contributed by atoms with Crippen LogP contribution in [0.25, 0.3) is 0 Å². The molecule has 0 spiro atoms. The zero-order valence-electron chi connectivity index (χ0n) is 29.6. The summed E-state index contributed by atoms with van der Waals surface area (Å²) in [6.45, 7) is 18.2. The number of hydrogen-bond acceptors (Lipinski definition) is 6. The molecule has 6 aliphatic rings. The molecule has 0 amide bonds. The minimum atomic E-state index is -2.33. The Hall–Kier alpha value is -1.37. The molecular formula is C36H60F5N3O3. The lowest BCUT2D eigenvalue weighted by atomic mass is 9.93. The van der Waals surface area contributed by atoms with E-state index in [4.69, 9.17) is 9.47 Å². The minimum absolute atomic E-state index is 0.00495. The van der Waals surface area contributed by atoms with Crippen molar-refractivity contribution in [2.24, 2.45) is 0 Å². The van der Waals surface area contributed by atoms with Crippen molar-refractivity contribution in [1.82, 2.24) is 14.7 Å². The summed E-state index contributed by atoms with van der Waals surface area (Å²) in [6.07, 6.45) is 6.81. The maximum atomic E-state index is 12.6. The highest BCUT2D eigenvalue weighted by atomic mass is 19.3. The first-order valence-corrected chi connectivity index (χ1v) is 17.7. The summed E-state index contributed by atoms with van der Waals surface area (Å²) in [5.74, 6) is 0. The SMILES string of the molecule is CC.CC(C)OCC12CCCN1C/C(=C\C(F)F)C2.CC(C)OCC12CCCN1CC(=C(F)F)C2.OCC12CCCN1C/C(=C\F)C2. The second kappa shape index (κ2) is 18.0. The van der Waals surface area contributed by atoms with Gasteiger partial charge in [-0.25, -0.2) is 13.2 Å². The Bertz CT molecular complexity index is 1080. The molecule has 0 bridgehead atoms. The van der Waals surface area contributed by atoms with Gasteiger partial charge in [-0.2, -0.15) is 8.78 Å². The van der Waals surface area contributed by atoms with Crippen LogP contribution >= 0.6 is 0 Å². The number of ether oxygens (including phenoxy) is 2. The van der Waals surface area contributed by atoms with E-state index < -0.39 is 12.5 Å². The highest BCUT2D eigenvalue weighted by Gasteiger charge is 2.49. The van der Waals surface area contributed by atoms with Gasteiger partial charge >= 0.3 is 0 Å². The second-order valence-electron chi connectivity index (χ2n) is 14.4. The average Bonchev–Trinajstić information content (AvgIpc) is 3.84. The number of allylic oxidation sites excluding steroid dienone is 1. The highest BCUT2D eigenvalue weighted by molar-refractivity contribution is 5.22. The number of aliphatic hydroxyl groups excluding tert-OH is 1. The predicted molar refractivity (Wildman–Crippen MR) is 178 cm³/mol. The molecule has 0 aromatic carbocycles. The first-order chi connectivity index (χ1) is 22.4. The van der Waals surface area contributed by atoms with Crippen LogP contribution in [0.2, 0.25) is 0 Å². The lowest BCUT2D eigenvalue weighted by Gasteiger charge is -2.32. The summed E-state index contributed by atoms with van der Waals surface area (Å²) in [6, 6.07) is 0. The van der Waals surface area contributed by atoms with Gasteiger partial charge in [-0.05, 0) is 117 Å². The molecule has 6 saturated heterocycles. The molecule has 6 fully saturated rings. The highest BCUT2D eigenvalue weighted by Crippen LogP contribution is 2.44. The van der Waals surface area contributed by atoms with Crippen molar-refractivity contribution in [3.63, 3.8) is 0 Å². The van der Waals surface area contributed by atoms with Crippen LogP contribution in [0.15, 0.2) is 35.2 Å². The minimum Gasteiger partial charge on any atom is -0.394 e. The van der Waals surface area contributed by atoms with E-state index in [9.17, 15) is 27.1 Å². The van der Waals surface area contributed by atoms with E-state index in [0.29, 0.717) is 44.6 Å². The Kier molecular flexibility index (Phi) is 15.4. The third-order valence-corrected chi connectivity index (χ3v) is 10.5. The van der Waals surface area contributed by atoms with Crippen LogP contribution in [-0.4, -0.2) is 114 Å². The van der Waals surface area contributed by atoms with Gasteiger partial charge in [0.15, 0.2) is 0 Å². The van der Waals surface area contributed by atoms with Gasteiger partial charge in [0, 0.05) is 41.8 Å². The largest absolute Gasteiger partial charge is 0.394 e. The first-order valence-electron chi connectivity index (χ1n) is 17.7. The Morgan fingerprint density at radius 3 is 1.64 bits per heavy atom. The molecule has 0 aliphatic carbocycles. The molecule has 0 radical (unpaired) electrons. The Balaban J connectivity index is 0.000000189. The van der Waals surface area contributed by atoms with Crippen LogP contribution in [0, 0.1) is 0 Å². The van der Waals surface area contributed by atoms with Crippen molar-refractivity contribution >= 4 is 0 Å². The number of hydrogen-bond donors (Lipinski definition) is 1. The summed E-state index contributed by atoms with van der Waals surface area (Å²) in [5, 5.41) is 9.25. The Morgan fingerprint density at radius 1 is 0.745 bits per heavy atom. The van der Waals surface area contributed by atoms with Gasteiger partial charge in [0.05, 0.1) is 38.4 Å². The van der Waals surface area contributed by atoms with Gasteiger partial charge in [-0.15, -0.1) is 0 Å². The van der Waals surface area contributed by atoms with E-state index in [0.717, 1.165) is 94.8 Å². The lowest BCUT2D eigenvalue weighted by molar-refractivity contribution is 0.00323. The van der Waals surface area contributed by atoms with E-state index in [1.807, 2.05) is 41.5 Å². The molecule has 3 unspecified atom stereocenters. The molecule has 0 saturated carbocycles. The van der Waals surface area contributed by atoms with Crippen LogP contribution in [0.4, 0.5) is 22.0 Å². The van der Waals surface area contributed by atoms with Gasteiger partial charge in [0.2, 0.25) is 0 Å². The zero-order chi connectivity index (χ0) is 34.8. The summed E-state index contributed by atoms with van der Waals surface area (Å²) in [5.41, 5.74) is 1.80. The van der Waals surface area contributed by atoms with Gasteiger partial charge < -0.3 is 14.6 Å². The summed E-state index contributed by atoms with van der Waals surface area (Å²) < 4.78 is 73.6. The molecule has 6 rings (SSSR count). The number of fused-ring (bicyclic) bond motifs is 3. The van der Waals surface area contributed by atoms with Crippen LogP contribution in [-0.2, 0) is 9.47 Å². The van der Waals surface area contributed by atoms with Gasteiger partial charge in [-0.1, -0.05) is 19.4 Å². The van der Waals surface area contributed by atoms with E-state index in [1.165, 1.54) is 0 Å². The van der Waals surface area contributed by atoms with Crippen molar-refractivity contribution in [2.45, 2.75) is 135 Å². The van der Waals surface area contributed by atoms with Crippen LogP contribution in [0.1, 0.15) is 99.3 Å². The third-order valence-electron chi connectivity index (χ3n) is 10.5. The quantitative estimate of drug-likeness (QED) is 0.210. The average molecular weight is 678 g/mol. The van der Waals surface area contributed by atoms with Crippen molar-refractivity contribution in [2.75, 3.05) is 59.1 Å². The molecule has 0 aromatic rings. The van der Waals surface area contributed by atoms with Crippen molar-refractivity contribution in [3.8, 4) is 0 Å². The molecule has 47 heavy (non-hydrogen) atoms. The van der Waals surface area contributed by atoms with E-state index in [2.05, 4.69) is 14.7 Å². The molecule has 6 aliphatic heterocycles. The summed E-state index contributed by atoms with van der Waals surface area (Å²) in [4.78, 5) is 6.70. The standard InChI is InChI=1S/C13H21F2NO.C12H19F2NO.C9H14FNO.C2H6/c1-10(2)17-9-13-4-3-5-16(13)8-11(7-13)6-12(14)15;1-9(2)16-8-12-4-3-5-15(12)7-10(6-12)11(13)14;10-5-8-4-9(7-12)2-1-3-11(9)6-8;1-2/h6,10,12H,3-5,7-9H2,1-2H3;9H,3-8H2,1-2H3;5,12H,1-4,6-7H2;1-2H3/b11-6-;;8-5-;. The number of nitrogens with zero attached hydrogens (tertiary/aromatic N) is 3. The molecule has 11 heteroatoms. The number of alkyl halides is 2. The molecule has 272 valence electrons. The fourth-order valence-electron chi connectivity index (χ4n) is 8.25.